The number of carbonyl (C=O) groups is 3. The van der Waals surface area contributed by atoms with E-state index in [1.165, 1.54) is 283 Å². The van der Waals surface area contributed by atoms with Crippen molar-refractivity contribution in [1.29, 1.82) is 0 Å². The van der Waals surface area contributed by atoms with Crippen molar-refractivity contribution < 1.29 is 28.6 Å². The Morgan fingerprint density at radius 3 is 0.700 bits per heavy atom. The molecule has 0 aliphatic carbocycles. The van der Waals surface area contributed by atoms with Crippen molar-refractivity contribution in [1.82, 2.24) is 0 Å². The Labute approximate surface area is 499 Å². The molecule has 0 aromatic rings. The first-order valence-corrected chi connectivity index (χ1v) is 36.0. The number of rotatable bonds is 67. The molecule has 80 heavy (non-hydrogen) atoms. The van der Waals surface area contributed by atoms with Crippen molar-refractivity contribution in [3.8, 4) is 0 Å². The van der Waals surface area contributed by atoms with E-state index < -0.39 is 6.10 Å². The molecule has 0 aliphatic heterocycles. The fraction of sp³-hybridized carbons (Fsp3) is 0.878. The van der Waals surface area contributed by atoms with E-state index in [9.17, 15) is 14.4 Å². The van der Waals surface area contributed by atoms with Crippen LogP contribution in [0.2, 0.25) is 0 Å². The van der Waals surface area contributed by atoms with Gasteiger partial charge in [-0.25, -0.2) is 0 Å². The number of hydrogen-bond acceptors (Lipinski definition) is 6. The zero-order valence-corrected chi connectivity index (χ0v) is 54.1. The van der Waals surface area contributed by atoms with E-state index in [2.05, 4.69) is 57.2 Å². The molecule has 0 fully saturated rings. The lowest BCUT2D eigenvalue weighted by Gasteiger charge is -2.18. The lowest BCUT2D eigenvalue weighted by atomic mass is 10.0. The Balaban J connectivity index is 4.04. The maximum absolute atomic E-state index is 12.9. The van der Waals surface area contributed by atoms with Crippen molar-refractivity contribution in [3.63, 3.8) is 0 Å². The van der Waals surface area contributed by atoms with Crippen molar-refractivity contribution in [3.05, 3.63) is 36.5 Å². The normalized spacial score (nSPS) is 12.2. The zero-order valence-electron chi connectivity index (χ0n) is 54.1. The lowest BCUT2D eigenvalue weighted by molar-refractivity contribution is -0.167. The monoisotopic (exact) mass is 1120 g/mol. The smallest absolute Gasteiger partial charge is 0.306 e. The minimum absolute atomic E-state index is 0.0702. The third kappa shape index (κ3) is 66.4. The Hall–Kier alpha value is -2.37. The Morgan fingerprint density at radius 2 is 0.450 bits per heavy atom. The predicted octanol–water partition coefficient (Wildman–Crippen LogP) is 24.7. The fourth-order valence-electron chi connectivity index (χ4n) is 11.0. The molecule has 0 N–H and O–H groups in total. The molecule has 0 aromatic carbocycles. The summed E-state index contributed by atoms with van der Waals surface area (Å²) < 4.78 is 16.9. The van der Waals surface area contributed by atoms with Crippen LogP contribution in [-0.4, -0.2) is 37.2 Å². The molecular weight excluding hydrogens is 985 g/mol. The summed E-state index contributed by atoms with van der Waals surface area (Å²) in [4.78, 5) is 38.2. The van der Waals surface area contributed by atoms with Crippen molar-refractivity contribution in [2.24, 2.45) is 0 Å². The molecule has 0 spiro atoms. The van der Waals surface area contributed by atoms with Gasteiger partial charge in [-0.05, 0) is 57.8 Å². The predicted molar refractivity (Wildman–Crippen MR) is 349 cm³/mol. The minimum atomic E-state index is -0.773. The van der Waals surface area contributed by atoms with Crippen LogP contribution in [-0.2, 0) is 28.6 Å². The molecule has 470 valence electrons. The summed E-state index contributed by atoms with van der Waals surface area (Å²) in [5.74, 6) is -0.856. The standard InChI is InChI=1S/C74H138O6/c1-4-7-10-13-16-19-21-23-25-27-29-31-33-34-35-36-37-38-39-40-42-43-45-47-49-51-53-55-58-61-64-67-73(76)79-70-71(69-78-72(75)66-63-60-57-18-15-12-9-6-3)80-74(77)68-65-62-59-56-54-52-50-48-46-44-41-32-30-28-26-24-22-20-17-14-11-8-5-2/h22,24,28,30,41,44,71H,4-21,23,25-27,29,31-40,42-43,45-70H2,1-3H3/b24-22-,30-28-,44-41-. The Morgan fingerprint density at radius 1 is 0.250 bits per heavy atom. The van der Waals surface area contributed by atoms with E-state index in [1.54, 1.807) is 0 Å². The van der Waals surface area contributed by atoms with Gasteiger partial charge in [0.2, 0.25) is 0 Å². The molecule has 1 unspecified atom stereocenters. The van der Waals surface area contributed by atoms with Gasteiger partial charge in [-0.15, -0.1) is 0 Å². The highest BCUT2D eigenvalue weighted by Crippen LogP contribution is 2.19. The van der Waals surface area contributed by atoms with Gasteiger partial charge in [0.05, 0.1) is 0 Å². The number of unbranched alkanes of at least 4 members (excludes halogenated alkanes) is 50. The average Bonchev–Trinajstić information content (AvgIpc) is 3.46. The Kier molecular flexibility index (Phi) is 67.1. The summed E-state index contributed by atoms with van der Waals surface area (Å²) in [5.41, 5.74) is 0. The van der Waals surface area contributed by atoms with Gasteiger partial charge in [0.25, 0.3) is 0 Å². The maximum Gasteiger partial charge on any atom is 0.306 e. The first-order valence-electron chi connectivity index (χ1n) is 36.0. The van der Waals surface area contributed by atoms with Crippen LogP contribution in [0, 0.1) is 0 Å². The van der Waals surface area contributed by atoms with Crippen LogP contribution in [0.3, 0.4) is 0 Å². The Bertz CT molecular complexity index is 1340. The maximum atomic E-state index is 12.9. The van der Waals surface area contributed by atoms with Crippen LogP contribution < -0.4 is 0 Å². The molecule has 0 amide bonds. The molecule has 0 aromatic heterocycles. The summed E-state index contributed by atoms with van der Waals surface area (Å²) >= 11 is 0. The van der Waals surface area contributed by atoms with Crippen LogP contribution in [0.4, 0.5) is 0 Å². The molecular formula is C74H138O6. The number of allylic oxidation sites excluding steroid dienone is 6. The second kappa shape index (κ2) is 69.1. The molecule has 6 nitrogen and oxygen atoms in total. The highest BCUT2D eigenvalue weighted by Gasteiger charge is 2.19. The van der Waals surface area contributed by atoms with E-state index in [0.29, 0.717) is 19.3 Å². The second-order valence-electron chi connectivity index (χ2n) is 24.5. The van der Waals surface area contributed by atoms with Crippen LogP contribution in [0.15, 0.2) is 36.5 Å². The van der Waals surface area contributed by atoms with E-state index in [1.807, 2.05) is 0 Å². The number of hydrogen-bond donors (Lipinski definition) is 0. The molecule has 0 radical (unpaired) electrons. The first kappa shape index (κ1) is 77.6. The largest absolute Gasteiger partial charge is 0.462 e. The molecule has 0 rings (SSSR count). The molecule has 0 aliphatic rings. The highest BCUT2D eigenvalue weighted by molar-refractivity contribution is 5.71. The van der Waals surface area contributed by atoms with E-state index in [0.717, 1.165) is 77.0 Å². The van der Waals surface area contributed by atoms with Crippen LogP contribution in [0.1, 0.15) is 400 Å². The molecule has 0 saturated heterocycles. The summed E-state index contributed by atoms with van der Waals surface area (Å²) in [6.07, 6.45) is 86.4. The number of esters is 3. The summed E-state index contributed by atoms with van der Waals surface area (Å²) in [7, 11) is 0. The van der Waals surface area contributed by atoms with Crippen LogP contribution in [0.5, 0.6) is 0 Å². The van der Waals surface area contributed by atoms with Crippen molar-refractivity contribution in [2.45, 2.75) is 406 Å². The summed E-state index contributed by atoms with van der Waals surface area (Å²) in [6.45, 7) is 6.66. The molecule has 0 heterocycles. The van der Waals surface area contributed by atoms with Gasteiger partial charge in [-0.3, -0.25) is 14.4 Å². The van der Waals surface area contributed by atoms with Crippen molar-refractivity contribution in [2.75, 3.05) is 13.2 Å². The lowest BCUT2D eigenvalue weighted by Crippen LogP contribution is -2.30. The number of ether oxygens (including phenoxy) is 3. The van der Waals surface area contributed by atoms with Crippen LogP contribution >= 0.6 is 0 Å². The van der Waals surface area contributed by atoms with Gasteiger partial charge in [0, 0.05) is 19.3 Å². The topological polar surface area (TPSA) is 78.9 Å². The van der Waals surface area contributed by atoms with Gasteiger partial charge in [0.15, 0.2) is 6.10 Å². The number of carbonyl (C=O) groups excluding carboxylic acids is 3. The van der Waals surface area contributed by atoms with E-state index >= 15 is 0 Å². The quantitative estimate of drug-likeness (QED) is 0.0261. The van der Waals surface area contributed by atoms with Gasteiger partial charge in [-0.2, -0.15) is 0 Å². The third-order valence-electron chi connectivity index (χ3n) is 16.4. The van der Waals surface area contributed by atoms with Gasteiger partial charge < -0.3 is 14.2 Å². The van der Waals surface area contributed by atoms with Gasteiger partial charge in [0.1, 0.15) is 13.2 Å². The first-order chi connectivity index (χ1) is 39.5. The fourth-order valence-corrected chi connectivity index (χ4v) is 11.0. The molecule has 0 saturated carbocycles. The summed E-state index contributed by atoms with van der Waals surface area (Å²) in [5, 5.41) is 0. The summed E-state index contributed by atoms with van der Waals surface area (Å²) in [6, 6.07) is 0. The molecule has 1 atom stereocenters. The van der Waals surface area contributed by atoms with E-state index in [4.69, 9.17) is 14.2 Å². The molecule has 0 bridgehead atoms. The molecule has 6 heteroatoms. The highest BCUT2D eigenvalue weighted by atomic mass is 16.6. The SMILES string of the molecule is CCCCCCC/C=C\C/C=C\C/C=C\CCCCCCCCCCC(=O)OC(COC(=O)CCCCCCCCCC)COC(=O)CCCCCCCCCCCCCCCCCCCCCCCCCCCCCCCCC. The van der Waals surface area contributed by atoms with Crippen LogP contribution in [0.25, 0.3) is 0 Å². The zero-order chi connectivity index (χ0) is 57.8. The third-order valence-corrected chi connectivity index (χ3v) is 16.4. The van der Waals surface area contributed by atoms with Crippen molar-refractivity contribution >= 4 is 17.9 Å². The average molecular weight is 1120 g/mol. The second-order valence-corrected chi connectivity index (χ2v) is 24.5. The van der Waals surface area contributed by atoms with Gasteiger partial charge in [-0.1, -0.05) is 359 Å². The van der Waals surface area contributed by atoms with E-state index in [-0.39, 0.29) is 31.1 Å². The minimum Gasteiger partial charge on any atom is -0.462 e. The van der Waals surface area contributed by atoms with Gasteiger partial charge >= 0.3 is 17.9 Å².